The third-order valence-electron chi connectivity index (χ3n) is 3.18. The number of rotatable bonds is 5. The highest BCUT2D eigenvalue weighted by atomic mass is 32.1. The zero-order chi connectivity index (χ0) is 15.4. The number of carbonyl (C=O) groups excluding carboxylic acids is 1. The lowest BCUT2D eigenvalue weighted by Gasteiger charge is -2.01. The topological polar surface area (TPSA) is 59.8 Å². The van der Waals surface area contributed by atoms with E-state index in [9.17, 15) is 4.79 Å². The van der Waals surface area contributed by atoms with Crippen molar-refractivity contribution in [2.24, 2.45) is 0 Å². The van der Waals surface area contributed by atoms with Crippen LogP contribution in [0.15, 0.2) is 48.9 Å². The van der Waals surface area contributed by atoms with E-state index in [0.717, 1.165) is 15.4 Å². The fourth-order valence-corrected chi connectivity index (χ4v) is 2.83. The Bertz CT molecular complexity index is 763. The molecule has 0 fully saturated rings. The van der Waals surface area contributed by atoms with Gasteiger partial charge in [0.15, 0.2) is 0 Å². The summed E-state index contributed by atoms with van der Waals surface area (Å²) in [5.74, 6) is -0.120. The first-order valence-corrected chi connectivity index (χ1v) is 7.78. The summed E-state index contributed by atoms with van der Waals surface area (Å²) in [6.07, 6.45) is 5.15. The first-order valence-electron chi connectivity index (χ1n) is 6.96. The van der Waals surface area contributed by atoms with Gasteiger partial charge in [-0.3, -0.25) is 9.48 Å². The highest BCUT2D eigenvalue weighted by molar-refractivity contribution is 7.11. The first kappa shape index (κ1) is 14.5. The normalized spacial score (nSPS) is 10.6. The van der Waals surface area contributed by atoms with Crippen molar-refractivity contribution in [2.45, 2.75) is 20.0 Å². The zero-order valence-corrected chi connectivity index (χ0v) is 13.0. The second-order valence-electron chi connectivity index (χ2n) is 4.94. The summed E-state index contributed by atoms with van der Waals surface area (Å²) >= 11 is 1.59. The number of hydrogen-bond donors (Lipinski definition) is 1. The standard InChI is InChI=1S/C16H16N4OS/c1-12-17-8-15(22-12)9-18-16(21)14-7-19-20(11-14)10-13-5-3-2-4-6-13/h2-8,11H,9-10H2,1H3,(H,18,21). The van der Waals surface area contributed by atoms with Crippen LogP contribution in [0, 0.1) is 6.92 Å². The van der Waals surface area contributed by atoms with E-state index in [0.29, 0.717) is 18.7 Å². The maximum absolute atomic E-state index is 12.1. The third kappa shape index (κ3) is 3.59. The van der Waals surface area contributed by atoms with E-state index in [-0.39, 0.29) is 5.91 Å². The molecule has 0 bridgehead atoms. The van der Waals surface area contributed by atoms with E-state index in [4.69, 9.17) is 0 Å². The molecule has 2 heterocycles. The van der Waals surface area contributed by atoms with E-state index < -0.39 is 0 Å². The van der Waals surface area contributed by atoms with Crippen molar-refractivity contribution < 1.29 is 4.79 Å². The summed E-state index contributed by atoms with van der Waals surface area (Å²) < 4.78 is 1.76. The van der Waals surface area contributed by atoms with E-state index in [1.807, 2.05) is 37.3 Å². The smallest absolute Gasteiger partial charge is 0.254 e. The Hall–Kier alpha value is -2.47. The van der Waals surface area contributed by atoms with Crippen LogP contribution < -0.4 is 5.32 Å². The van der Waals surface area contributed by atoms with Crippen LogP contribution in [0.2, 0.25) is 0 Å². The molecule has 2 aromatic heterocycles. The number of thiazole rings is 1. The van der Waals surface area contributed by atoms with Gasteiger partial charge in [-0.2, -0.15) is 5.10 Å². The van der Waals surface area contributed by atoms with Crippen LogP contribution in [-0.2, 0) is 13.1 Å². The summed E-state index contributed by atoms with van der Waals surface area (Å²) in [6.45, 7) is 3.10. The number of benzene rings is 1. The molecule has 1 amide bonds. The maximum Gasteiger partial charge on any atom is 0.254 e. The molecule has 0 aliphatic carbocycles. The van der Waals surface area contributed by atoms with E-state index >= 15 is 0 Å². The molecule has 3 aromatic rings. The van der Waals surface area contributed by atoms with Gasteiger partial charge in [-0.15, -0.1) is 11.3 Å². The number of nitrogens with one attached hydrogen (secondary N) is 1. The van der Waals surface area contributed by atoms with Crippen LogP contribution in [0.1, 0.15) is 25.8 Å². The molecular formula is C16H16N4OS. The Labute approximate surface area is 132 Å². The van der Waals surface area contributed by atoms with E-state index in [2.05, 4.69) is 15.4 Å². The minimum atomic E-state index is -0.120. The minimum absolute atomic E-state index is 0.120. The van der Waals surface area contributed by atoms with Gasteiger partial charge in [0.25, 0.3) is 5.91 Å². The average Bonchev–Trinajstić information content (AvgIpc) is 3.15. The van der Waals surface area contributed by atoms with Crippen molar-refractivity contribution >= 4 is 17.2 Å². The van der Waals surface area contributed by atoms with Crippen molar-refractivity contribution in [3.63, 3.8) is 0 Å². The van der Waals surface area contributed by atoms with Crippen molar-refractivity contribution in [1.29, 1.82) is 0 Å². The largest absolute Gasteiger partial charge is 0.347 e. The number of hydrogen-bond acceptors (Lipinski definition) is 4. The molecule has 22 heavy (non-hydrogen) atoms. The molecule has 0 radical (unpaired) electrons. The van der Waals surface area contributed by atoms with Crippen LogP contribution in [-0.4, -0.2) is 20.7 Å². The molecule has 0 unspecified atom stereocenters. The lowest BCUT2D eigenvalue weighted by molar-refractivity contribution is 0.0951. The molecule has 112 valence electrons. The van der Waals surface area contributed by atoms with Gasteiger partial charge in [-0.25, -0.2) is 4.98 Å². The number of carbonyl (C=O) groups is 1. The molecule has 0 atom stereocenters. The van der Waals surface area contributed by atoms with E-state index in [1.165, 1.54) is 0 Å². The summed E-state index contributed by atoms with van der Waals surface area (Å²) in [4.78, 5) is 17.3. The fraction of sp³-hybridized carbons (Fsp3) is 0.188. The van der Waals surface area contributed by atoms with Gasteiger partial charge < -0.3 is 5.32 Å². The molecule has 3 rings (SSSR count). The lowest BCUT2D eigenvalue weighted by Crippen LogP contribution is -2.21. The first-order chi connectivity index (χ1) is 10.7. The third-order valence-corrected chi connectivity index (χ3v) is 4.09. The van der Waals surface area contributed by atoms with Gasteiger partial charge in [0.1, 0.15) is 0 Å². The van der Waals surface area contributed by atoms with Crippen molar-refractivity contribution in [1.82, 2.24) is 20.1 Å². The summed E-state index contributed by atoms with van der Waals surface area (Å²) in [7, 11) is 0. The highest BCUT2D eigenvalue weighted by Gasteiger charge is 2.09. The fourth-order valence-electron chi connectivity index (χ4n) is 2.09. The van der Waals surface area contributed by atoms with Crippen molar-refractivity contribution in [2.75, 3.05) is 0 Å². The molecule has 0 saturated heterocycles. The van der Waals surface area contributed by atoms with Crippen LogP contribution in [0.5, 0.6) is 0 Å². The molecular weight excluding hydrogens is 296 g/mol. The Morgan fingerprint density at radius 2 is 2.09 bits per heavy atom. The Balaban J connectivity index is 1.59. The zero-order valence-electron chi connectivity index (χ0n) is 12.2. The quantitative estimate of drug-likeness (QED) is 0.788. The molecule has 0 saturated carbocycles. The monoisotopic (exact) mass is 312 g/mol. The van der Waals surface area contributed by atoms with Crippen LogP contribution in [0.4, 0.5) is 0 Å². The van der Waals surface area contributed by atoms with Gasteiger partial charge >= 0.3 is 0 Å². The van der Waals surface area contributed by atoms with Gasteiger partial charge in [0.2, 0.25) is 0 Å². The summed E-state index contributed by atoms with van der Waals surface area (Å²) in [5.41, 5.74) is 1.72. The average molecular weight is 312 g/mol. The summed E-state index contributed by atoms with van der Waals surface area (Å²) in [6, 6.07) is 10.0. The minimum Gasteiger partial charge on any atom is -0.347 e. The Kier molecular flexibility index (Phi) is 4.29. The van der Waals surface area contributed by atoms with Crippen molar-refractivity contribution in [3.8, 4) is 0 Å². The van der Waals surface area contributed by atoms with Crippen LogP contribution in [0.3, 0.4) is 0 Å². The molecule has 0 spiro atoms. The lowest BCUT2D eigenvalue weighted by atomic mass is 10.2. The number of amides is 1. The second-order valence-corrected chi connectivity index (χ2v) is 6.26. The molecule has 1 N–H and O–H groups in total. The predicted molar refractivity (Wildman–Crippen MR) is 85.8 cm³/mol. The highest BCUT2D eigenvalue weighted by Crippen LogP contribution is 2.11. The molecule has 0 aliphatic rings. The predicted octanol–water partition coefficient (Wildman–Crippen LogP) is 2.63. The molecule has 6 heteroatoms. The molecule has 1 aromatic carbocycles. The van der Waals surface area contributed by atoms with Gasteiger partial charge in [0, 0.05) is 17.3 Å². The SMILES string of the molecule is Cc1ncc(CNC(=O)c2cnn(Cc3ccccc3)c2)s1. The molecule has 0 aliphatic heterocycles. The second kappa shape index (κ2) is 6.53. The van der Waals surface area contributed by atoms with Gasteiger partial charge in [0.05, 0.1) is 29.9 Å². The Morgan fingerprint density at radius 3 is 2.82 bits per heavy atom. The number of aromatic nitrogens is 3. The van der Waals surface area contributed by atoms with Crippen LogP contribution in [0.25, 0.3) is 0 Å². The van der Waals surface area contributed by atoms with E-state index in [1.54, 1.807) is 34.6 Å². The summed E-state index contributed by atoms with van der Waals surface area (Å²) in [5, 5.41) is 8.12. The number of nitrogens with zero attached hydrogens (tertiary/aromatic N) is 3. The van der Waals surface area contributed by atoms with Gasteiger partial charge in [-0.05, 0) is 12.5 Å². The Morgan fingerprint density at radius 1 is 1.27 bits per heavy atom. The van der Waals surface area contributed by atoms with Gasteiger partial charge in [-0.1, -0.05) is 30.3 Å². The number of aryl methyl sites for hydroxylation is 1. The molecule has 5 nitrogen and oxygen atoms in total. The van der Waals surface area contributed by atoms with Crippen molar-refractivity contribution in [3.05, 3.63) is 69.9 Å². The van der Waals surface area contributed by atoms with Crippen LogP contribution >= 0.6 is 11.3 Å². The maximum atomic E-state index is 12.1.